The van der Waals surface area contributed by atoms with Crippen molar-refractivity contribution >= 4 is 10.0 Å². The number of nitrogens with zero attached hydrogens (tertiary/aromatic N) is 1. The number of ether oxygens (including phenoxy) is 1. The normalized spacial score (nSPS) is 11.9. The van der Waals surface area contributed by atoms with E-state index in [-0.39, 0.29) is 17.5 Å². The number of rotatable bonds is 6. The summed E-state index contributed by atoms with van der Waals surface area (Å²) in [5.41, 5.74) is 0.681. The fraction of sp³-hybridized carbons (Fsp3) is 0.400. The molecule has 2 aromatic rings. The predicted octanol–water partition coefficient (Wildman–Crippen LogP) is 2.56. The number of aromatic nitrogens is 1. The number of hydrogen-bond donors (Lipinski definition) is 1. The molecule has 2 rings (SSSR count). The maximum absolute atomic E-state index is 12.2. The van der Waals surface area contributed by atoms with Crippen molar-refractivity contribution in [2.75, 3.05) is 0 Å². The molecule has 1 heterocycles. The summed E-state index contributed by atoms with van der Waals surface area (Å²) < 4.78 is 37.8. The quantitative estimate of drug-likeness (QED) is 0.883. The first kappa shape index (κ1) is 16.5. The van der Waals surface area contributed by atoms with Gasteiger partial charge in [0.25, 0.3) is 0 Å². The van der Waals surface area contributed by atoms with E-state index in [1.54, 1.807) is 26.0 Å². The van der Waals surface area contributed by atoms with Crippen molar-refractivity contribution in [3.63, 3.8) is 0 Å². The van der Waals surface area contributed by atoms with Crippen molar-refractivity contribution in [2.24, 2.45) is 0 Å². The fourth-order valence-corrected chi connectivity index (χ4v) is 2.93. The van der Waals surface area contributed by atoms with Gasteiger partial charge in [-0.2, -0.15) is 0 Å². The zero-order valence-electron chi connectivity index (χ0n) is 13.1. The molecule has 6 nitrogen and oxygen atoms in total. The van der Waals surface area contributed by atoms with Crippen LogP contribution < -0.4 is 9.46 Å². The minimum absolute atomic E-state index is 0.0400. The van der Waals surface area contributed by atoms with E-state index in [4.69, 9.17) is 9.15 Å². The molecule has 1 N–H and O–H groups in total. The summed E-state index contributed by atoms with van der Waals surface area (Å²) in [5, 5.41) is 0. The van der Waals surface area contributed by atoms with Crippen LogP contribution in [0.2, 0.25) is 0 Å². The zero-order chi connectivity index (χ0) is 16.3. The number of nitrogens with one attached hydrogen (secondary N) is 1. The van der Waals surface area contributed by atoms with Gasteiger partial charge in [0.05, 0.1) is 23.2 Å². The lowest BCUT2D eigenvalue weighted by molar-refractivity contribution is 0.242. The second-order valence-corrected chi connectivity index (χ2v) is 6.97. The van der Waals surface area contributed by atoms with Crippen LogP contribution in [-0.4, -0.2) is 19.5 Å². The molecule has 0 fully saturated rings. The topological polar surface area (TPSA) is 81.4 Å². The highest BCUT2D eigenvalue weighted by molar-refractivity contribution is 7.89. The third-order valence-corrected chi connectivity index (χ3v) is 4.35. The molecule has 7 heteroatoms. The van der Waals surface area contributed by atoms with E-state index in [0.717, 1.165) is 0 Å². The van der Waals surface area contributed by atoms with E-state index in [1.165, 1.54) is 12.1 Å². The molecule has 0 amide bonds. The van der Waals surface area contributed by atoms with Gasteiger partial charge < -0.3 is 9.15 Å². The Bertz CT molecular complexity index is 733. The highest BCUT2D eigenvalue weighted by atomic mass is 32.2. The molecule has 120 valence electrons. The van der Waals surface area contributed by atoms with E-state index in [0.29, 0.717) is 23.1 Å². The molecule has 0 bridgehead atoms. The average Bonchev–Trinajstić information content (AvgIpc) is 2.75. The first-order valence-corrected chi connectivity index (χ1v) is 8.45. The minimum atomic E-state index is -3.60. The highest BCUT2D eigenvalue weighted by Gasteiger charge is 2.16. The van der Waals surface area contributed by atoms with E-state index < -0.39 is 10.0 Å². The van der Waals surface area contributed by atoms with Gasteiger partial charge in [-0.05, 0) is 45.0 Å². The molecule has 0 saturated carbocycles. The Hall–Kier alpha value is -1.86. The fourth-order valence-electron chi connectivity index (χ4n) is 1.95. The summed E-state index contributed by atoms with van der Waals surface area (Å²) in [6.07, 6.45) is 0.0400. The monoisotopic (exact) mass is 324 g/mol. The van der Waals surface area contributed by atoms with Crippen molar-refractivity contribution in [3.05, 3.63) is 41.6 Å². The molecule has 1 aromatic carbocycles. The van der Waals surface area contributed by atoms with Crippen molar-refractivity contribution in [1.82, 2.24) is 9.71 Å². The molecule has 0 aliphatic heterocycles. The van der Waals surface area contributed by atoms with Gasteiger partial charge in [-0.3, -0.25) is 0 Å². The summed E-state index contributed by atoms with van der Waals surface area (Å²) in [5.74, 6) is 1.67. The third-order valence-electron chi connectivity index (χ3n) is 2.93. The summed E-state index contributed by atoms with van der Waals surface area (Å²) in [4.78, 5) is 4.28. The van der Waals surface area contributed by atoms with Crippen LogP contribution in [0.25, 0.3) is 0 Å². The van der Waals surface area contributed by atoms with Gasteiger partial charge in [-0.25, -0.2) is 18.1 Å². The maximum Gasteiger partial charge on any atom is 0.240 e. The zero-order valence-corrected chi connectivity index (χ0v) is 13.9. The van der Waals surface area contributed by atoms with E-state index in [9.17, 15) is 8.42 Å². The SMILES string of the molecule is Cc1nc(C)c(CNS(=O)(=O)c2ccc(OC(C)C)cc2)o1. The van der Waals surface area contributed by atoms with Crippen molar-refractivity contribution in [2.45, 2.75) is 45.2 Å². The molecule has 0 spiro atoms. The number of hydrogen-bond acceptors (Lipinski definition) is 5. The summed E-state index contributed by atoms with van der Waals surface area (Å²) in [6.45, 7) is 7.39. The lowest BCUT2D eigenvalue weighted by atomic mass is 10.3. The van der Waals surface area contributed by atoms with Crippen LogP contribution in [0.4, 0.5) is 0 Å². The molecule has 0 atom stereocenters. The summed E-state index contributed by atoms with van der Waals surface area (Å²) in [6, 6.07) is 6.30. The first-order chi connectivity index (χ1) is 10.3. The highest BCUT2D eigenvalue weighted by Crippen LogP contribution is 2.18. The average molecular weight is 324 g/mol. The second-order valence-electron chi connectivity index (χ2n) is 5.20. The van der Waals surface area contributed by atoms with Crippen LogP contribution in [-0.2, 0) is 16.6 Å². The van der Waals surface area contributed by atoms with Gasteiger partial charge in [0.2, 0.25) is 10.0 Å². The largest absolute Gasteiger partial charge is 0.491 e. The van der Waals surface area contributed by atoms with Gasteiger partial charge in [-0.15, -0.1) is 0 Å². The number of benzene rings is 1. The van der Waals surface area contributed by atoms with Gasteiger partial charge in [0.1, 0.15) is 11.5 Å². The van der Waals surface area contributed by atoms with Crippen molar-refractivity contribution in [1.29, 1.82) is 0 Å². The van der Waals surface area contributed by atoms with Crippen LogP contribution in [0.15, 0.2) is 33.6 Å². The number of sulfonamides is 1. The van der Waals surface area contributed by atoms with Gasteiger partial charge in [0.15, 0.2) is 5.89 Å². The Balaban J connectivity index is 2.08. The van der Waals surface area contributed by atoms with Gasteiger partial charge in [0, 0.05) is 6.92 Å². The minimum Gasteiger partial charge on any atom is -0.491 e. The Morgan fingerprint density at radius 1 is 1.23 bits per heavy atom. The molecule has 0 radical (unpaired) electrons. The van der Waals surface area contributed by atoms with Crippen LogP contribution in [0.5, 0.6) is 5.75 Å². The molecule has 22 heavy (non-hydrogen) atoms. The van der Waals surface area contributed by atoms with E-state index >= 15 is 0 Å². The Kier molecular flexibility index (Phi) is 4.87. The molecule has 1 aromatic heterocycles. The van der Waals surface area contributed by atoms with Crippen LogP contribution in [0.3, 0.4) is 0 Å². The lowest BCUT2D eigenvalue weighted by Crippen LogP contribution is -2.23. The lowest BCUT2D eigenvalue weighted by Gasteiger charge is -2.10. The van der Waals surface area contributed by atoms with Crippen molar-refractivity contribution in [3.8, 4) is 5.75 Å². The number of aryl methyl sites for hydroxylation is 2. The molecular formula is C15H20N2O4S. The second kappa shape index (κ2) is 6.50. The molecule has 0 aliphatic carbocycles. The Labute approximate surface area is 130 Å². The van der Waals surface area contributed by atoms with E-state index in [1.807, 2.05) is 13.8 Å². The molecular weight excluding hydrogens is 304 g/mol. The Morgan fingerprint density at radius 3 is 2.36 bits per heavy atom. The maximum atomic E-state index is 12.2. The van der Waals surface area contributed by atoms with Crippen LogP contribution >= 0.6 is 0 Å². The Morgan fingerprint density at radius 2 is 1.86 bits per heavy atom. The van der Waals surface area contributed by atoms with Crippen molar-refractivity contribution < 1.29 is 17.6 Å². The van der Waals surface area contributed by atoms with Crippen LogP contribution in [0, 0.1) is 13.8 Å². The summed E-state index contributed by atoms with van der Waals surface area (Å²) >= 11 is 0. The third kappa shape index (κ3) is 4.08. The predicted molar refractivity (Wildman–Crippen MR) is 82.2 cm³/mol. The molecule has 0 unspecified atom stereocenters. The molecule has 0 saturated heterocycles. The number of oxazole rings is 1. The van der Waals surface area contributed by atoms with Gasteiger partial charge in [-0.1, -0.05) is 0 Å². The smallest absolute Gasteiger partial charge is 0.240 e. The molecule has 0 aliphatic rings. The summed E-state index contributed by atoms with van der Waals surface area (Å²) in [7, 11) is -3.60. The van der Waals surface area contributed by atoms with E-state index in [2.05, 4.69) is 9.71 Å². The van der Waals surface area contributed by atoms with Gasteiger partial charge >= 0.3 is 0 Å². The van der Waals surface area contributed by atoms with Crippen LogP contribution in [0.1, 0.15) is 31.2 Å². The first-order valence-electron chi connectivity index (χ1n) is 6.97. The standard InChI is InChI=1S/C15H20N2O4S/c1-10(2)20-13-5-7-14(8-6-13)22(18,19)16-9-15-11(3)17-12(4)21-15/h5-8,10,16H,9H2,1-4H3.